The van der Waals surface area contributed by atoms with Crippen LogP contribution in [-0.4, -0.2) is 34.4 Å². The van der Waals surface area contributed by atoms with Gasteiger partial charge in [-0.2, -0.15) is 15.0 Å². The first-order valence-corrected chi connectivity index (χ1v) is 4.54. The molecule has 0 atom stereocenters. The number of carbonyl (C=O) groups is 2. The van der Waals surface area contributed by atoms with Crippen molar-refractivity contribution in [1.29, 1.82) is 0 Å². The largest absolute Gasteiger partial charge is 0.465 e. The highest BCUT2D eigenvalue weighted by molar-refractivity contribution is 6.00. The molecule has 0 unspecified atom stereocenters. The van der Waals surface area contributed by atoms with E-state index in [4.69, 9.17) is 0 Å². The van der Waals surface area contributed by atoms with E-state index in [0.29, 0.717) is 22.9 Å². The second-order valence-corrected chi connectivity index (χ2v) is 3.23. The molecule has 1 aromatic carbocycles. The van der Waals surface area contributed by atoms with Crippen molar-refractivity contribution in [2.75, 3.05) is 7.11 Å². The van der Waals surface area contributed by atoms with E-state index < -0.39 is 5.97 Å². The number of aromatic nitrogens is 3. The number of hydrogen-bond acceptors (Lipinski definition) is 5. The number of nitrogens with zero attached hydrogens (tertiary/aromatic N) is 3. The van der Waals surface area contributed by atoms with Gasteiger partial charge in [0.25, 0.3) is 0 Å². The molecule has 0 N–H and O–H groups in total. The molecular formula is C10H9N3O3. The van der Waals surface area contributed by atoms with E-state index in [1.54, 1.807) is 13.1 Å². The summed E-state index contributed by atoms with van der Waals surface area (Å²) in [7, 11) is 2.93. The van der Waals surface area contributed by atoms with Crippen LogP contribution in [0, 0.1) is 0 Å². The number of ether oxygens (including phenoxy) is 1. The first-order chi connectivity index (χ1) is 7.65. The Bertz CT molecular complexity index is 574. The summed E-state index contributed by atoms with van der Waals surface area (Å²) in [6.07, 6.45) is 0.642. The highest BCUT2D eigenvalue weighted by atomic mass is 16.5. The number of aryl methyl sites for hydroxylation is 1. The highest BCUT2D eigenvalue weighted by Gasteiger charge is 2.13. The Hall–Kier alpha value is -2.24. The van der Waals surface area contributed by atoms with Crippen LogP contribution in [-0.2, 0) is 11.8 Å². The minimum Gasteiger partial charge on any atom is -0.465 e. The molecule has 82 valence electrons. The maximum Gasteiger partial charge on any atom is 0.337 e. The van der Waals surface area contributed by atoms with Gasteiger partial charge in [-0.1, -0.05) is 0 Å². The number of fused-ring (bicyclic) bond motifs is 1. The van der Waals surface area contributed by atoms with Gasteiger partial charge in [-0.3, -0.25) is 4.79 Å². The second-order valence-electron chi connectivity index (χ2n) is 3.23. The van der Waals surface area contributed by atoms with Crippen molar-refractivity contribution in [3.63, 3.8) is 0 Å². The lowest BCUT2D eigenvalue weighted by Gasteiger charge is -1.99. The van der Waals surface area contributed by atoms with Crippen LogP contribution >= 0.6 is 0 Å². The Labute approximate surface area is 90.8 Å². The summed E-state index contributed by atoms with van der Waals surface area (Å²) in [5.74, 6) is -0.504. The number of rotatable bonds is 2. The number of hydrogen-bond donors (Lipinski definition) is 0. The minimum atomic E-state index is -0.504. The lowest BCUT2D eigenvalue weighted by Crippen LogP contribution is -2.02. The van der Waals surface area contributed by atoms with Crippen molar-refractivity contribution < 1.29 is 14.3 Å². The first kappa shape index (κ1) is 10.3. The summed E-state index contributed by atoms with van der Waals surface area (Å²) in [6, 6.07) is 2.98. The monoisotopic (exact) mass is 219 g/mol. The fourth-order valence-corrected chi connectivity index (χ4v) is 1.47. The molecule has 0 fully saturated rings. The lowest BCUT2D eigenvalue weighted by molar-refractivity contribution is 0.0601. The molecule has 2 aromatic rings. The zero-order valence-electron chi connectivity index (χ0n) is 8.80. The standard InChI is InChI=1S/C10H9N3O3/c1-13-11-8-4-6(10(15)16-2)3-7(5-14)9(8)12-13/h3-5H,1-2H3. The highest BCUT2D eigenvalue weighted by Crippen LogP contribution is 2.16. The summed E-state index contributed by atoms with van der Waals surface area (Å²) in [5.41, 5.74) is 1.58. The molecule has 1 aromatic heterocycles. The fourth-order valence-electron chi connectivity index (χ4n) is 1.47. The average molecular weight is 219 g/mol. The maximum absolute atomic E-state index is 11.3. The molecule has 1 heterocycles. The molecule has 0 aliphatic heterocycles. The van der Waals surface area contributed by atoms with E-state index in [0.717, 1.165) is 0 Å². The smallest absolute Gasteiger partial charge is 0.337 e. The molecule has 2 rings (SSSR count). The summed E-state index contributed by atoms with van der Waals surface area (Å²) in [5, 5.41) is 8.07. The second kappa shape index (κ2) is 3.73. The van der Waals surface area contributed by atoms with Gasteiger partial charge < -0.3 is 4.74 Å². The molecule has 0 aliphatic rings. The number of benzene rings is 1. The molecule has 0 saturated carbocycles. The van der Waals surface area contributed by atoms with Gasteiger partial charge in [0.2, 0.25) is 0 Å². The predicted octanol–water partition coefficient (Wildman–Crippen LogP) is 0.567. The molecular weight excluding hydrogens is 210 g/mol. The number of aldehydes is 1. The normalized spacial score (nSPS) is 10.4. The SMILES string of the molecule is COC(=O)c1cc(C=O)c2nn(C)nc2c1. The van der Waals surface area contributed by atoms with Gasteiger partial charge in [0.05, 0.1) is 12.7 Å². The van der Waals surface area contributed by atoms with Crippen LogP contribution in [0.1, 0.15) is 20.7 Å². The summed E-state index contributed by atoms with van der Waals surface area (Å²) in [6.45, 7) is 0. The van der Waals surface area contributed by atoms with Crippen LogP contribution in [0.2, 0.25) is 0 Å². The zero-order chi connectivity index (χ0) is 11.7. The molecule has 0 radical (unpaired) electrons. The van der Waals surface area contributed by atoms with Crippen molar-refractivity contribution in [3.8, 4) is 0 Å². The molecule has 0 bridgehead atoms. The number of esters is 1. The van der Waals surface area contributed by atoms with Crippen molar-refractivity contribution in [1.82, 2.24) is 15.0 Å². The Morgan fingerprint density at radius 1 is 1.44 bits per heavy atom. The molecule has 0 aliphatic carbocycles. The van der Waals surface area contributed by atoms with Crippen LogP contribution < -0.4 is 0 Å². The van der Waals surface area contributed by atoms with Crippen LogP contribution in [0.3, 0.4) is 0 Å². The van der Waals surface area contributed by atoms with Gasteiger partial charge in [-0.05, 0) is 12.1 Å². The third-order valence-electron chi connectivity index (χ3n) is 2.16. The Morgan fingerprint density at radius 2 is 2.19 bits per heavy atom. The average Bonchev–Trinajstić information content (AvgIpc) is 2.66. The molecule has 0 spiro atoms. The van der Waals surface area contributed by atoms with Gasteiger partial charge in [-0.15, -0.1) is 0 Å². The Kier molecular flexibility index (Phi) is 2.40. The van der Waals surface area contributed by atoms with E-state index in [1.807, 2.05) is 0 Å². The van der Waals surface area contributed by atoms with Crippen molar-refractivity contribution in [2.24, 2.45) is 7.05 Å². The van der Waals surface area contributed by atoms with Gasteiger partial charge in [-0.25, -0.2) is 4.79 Å². The number of methoxy groups -OCH3 is 1. The first-order valence-electron chi connectivity index (χ1n) is 4.54. The topological polar surface area (TPSA) is 74.1 Å². The number of carbonyl (C=O) groups excluding carboxylic acids is 2. The fraction of sp³-hybridized carbons (Fsp3) is 0.200. The van der Waals surface area contributed by atoms with E-state index in [1.165, 1.54) is 18.0 Å². The van der Waals surface area contributed by atoms with E-state index in [9.17, 15) is 9.59 Å². The van der Waals surface area contributed by atoms with E-state index >= 15 is 0 Å². The van der Waals surface area contributed by atoms with Gasteiger partial charge >= 0.3 is 5.97 Å². The zero-order valence-corrected chi connectivity index (χ0v) is 8.80. The van der Waals surface area contributed by atoms with Gasteiger partial charge in [0.1, 0.15) is 11.0 Å². The summed E-state index contributed by atoms with van der Waals surface area (Å²) >= 11 is 0. The van der Waals surface area contributed by atoms with E-state index in [-0.39, 0.29) is 5.56 Å². The predicted molar refractivity (Wildman–Crippen MR) is 55.2 cm³/mol. The molecule has 6 nitrogen and oxygen atoms in total. The van der Waals surface area contributed by atoms with Crippen molar-refractivity contribution >= 4 is 23.3 Å². The third-order valence-corrected chi connectivity index (χ3v) is 2.16. The lowest BCUT2D eigenvalue weighted by atomic mass is 10.1. The van der Waals surface area contributed by atoms with Gasteiger partial charge in [0.15, 0.2) is 6.29 Å². The molecule has 0 saturated heterocycles. The molecule has 0 amide bonds. The Morgan fingerprint density at radius 3 is 2.81 bits per heavy atom. The van der Waals surface area contributed by atoms with Crippen molar-refractivity contribution in [2.45, 2.75) is 0 Å². The third kappa shape index (κ3) is 1.54. The Balaban J connectivity index is 2.71. The van der Waals surface area contributed by atoms with Crippen LogP contribution in [0.25, 0.3) is 11.0 Å². The molecule has 6 heteroatoms. The summed E-state index contributed by atoms with van der Waals surface area (Å²) < 4.78 is 4.58. The van der Waals surface area contributed by atoms with Crippen LogP contribution in [0.5, 0.6) is 0 Å². The minimum absolute atomic E-state index is 0.289. The van der Waals surface area contributed by atoms with Gasteiger partial charge in [0, 0.05) is 12.6 Å². The quantitative estimate of drug-likeness (QED) is 0.545. The van der Waals surface area contributed by atoms with Crippen LogP contribution in [0.4, 0.5) is 0 Å². The summed E-state index contributed by atoms with van der Waals surface area (Å²) in [4.78, 5) is 23.5. The molecule has 16 heavy (non-hydrogen) atoms. The van der Waals surface area contributed by atoms with Crippen molar-refractivity contribution in [3.05, 3.63) is 23.3 Å². The van der Waals surface area contributed by atoms with Crippen LogP contribution in [0.15, 0.2) is 12.1 Å². The maximum atomic E-state index is 11.3. The van der Waals surface area contributed by atoms with E-state index in [2.05, 4.69) is 14.9 Å².